The van der Waals surface area contributed by atoms with Crippen molar-refractivity contribution >= 4 is 17.5 Å². The van der Waals surface area contributed by atoms with Crippen LogP contribution in [0.3, 0.4) is 0 Å². The number of phenols is 1. The Labute approximate surface area is 260 Å². The number of rotatable bonds is 16. The van der Waals surface area contributed by atoms with Crippen molar-refractivity contribution in [3.05, 3.63) is 59.9 Å². The number of hydrogen-bond donors (Lipinski definition) is 3. The predicted molar refractivity (Wildman–Crippen MR) is 172 cm³/mol. The Morgan fingerprint density at radius 3 is 2.68 bits per heavy atom. The standard InChI is InChI=1S/C34H47N5O5/c1-23(2)25(5)38(16-15-35-14-11-27-9-10-30(40)33-34(27)44-22-31(41)37-33)32(42)13-18-43-17-12-26-7-6-8-28(19-26)29-20-36-39(21-29)24(3)4/h6-10,19-21,23-25,35,40H,11-18,22H2,1-5H3,(H,37,41)/t25-/m1/s1. The van der Waals surface area contributed by atoms with Crippen LogP contribution >= 0.6 is 0 Å². The topological polar surface area (TPSA) is 118 Å². The second-order valence-corrected chi connectivity index (χ2v) is 12.0. The first-order valence-corrected chi connectivity index (χ1v) is 15.6. The molecule has 0 saturated carbocycles. The summed E-state index contributed by atoms with van der Waals surface area (Å²) in [7, 11) is 0. The third-order valence-corrected chi connectivity index (χ3v) is 8.09. The van der Waals surface area contributed by atoms with Crippen molar-refractivity contribution in [2.24, 2.45) is 5.92 Å². The average molecular weight is 606 g/mol. The lowest BCUT2D eigenvalue weighted by Gasteiger charge is -2.32. The minimum Gasteiger partial charge on any atom is -0.506 e. The summed E-state index contributed by atoms with van der Waals surface area (Å²) in [6.07, 6.45) is 5.75. The molecule has 0 radical (unpaired) electrons. The number of hydrogen-bond acceptors (Lipinski definition) is 7. The van der Waals surface area contributed by atoms with Crippen molar-refractivity contribution in [2.75, 3.05) is 44.8 Å². The molecule has 1 atom stereocenters. The Morgan fingerprint density at radius 2 is 1.93 bits per heavy atom. The second-order valence-electron chi connectivity index (χ2n) is 12.0. The number of phenolic OH excluding ortho intramolecular Hbond substituents is 1. The maximum absolute atomic E-state index is 13.2. The second kappa shape index (κ2) is 15.7. The predicted octanol–water partition coefficient (Wildman–Crippen LogP) is 4.82. The Hall–Kier alpha value is -3.89. The molecule has 3 N–H and O–H groups in total. The molecule has 0 spiro atoms. The number of nitrogens with one attached hydrogen (secondary N) is 2. The normalized spacial score (nSPS) is 13.5. The SMILES string of the molecule is CC(C)[C@@H](C)N(CCNCCc1ccc(O)c2c1OCC(=O)N2)C(=O)CCOCCc1cccc(-c2cnn(C(C)C)c2)c1. The zero-order chi connectivity index (χ0) is 31.6. The van der Waals surface area contributed by atoms with Crippen LogP contribution in [0.4, 0.5) is 5.69 Å². The van der Waals surface area contributed by atoms with Gasteiger partial charge in [0, 0.05) is 36.9 Å². The number of benzene rings is 2. The number of anilines is 1. The largest absolute Gasteiger partial charge is 0.506 e. The van der Waals surface area contributed by atoms with Gasteiger partial charge in [0.25, 0.3) is 5.91 Å². The molecule has 1 aliphatic rings. The van der Waals surface area contributed by atoms with Crippen LogP contribution in [0.2, 0.25) is 0 Å². The first-order chi connectivity index (χ1) is 21.1. The van der Waals surface area contributed by atoms with Gasteiger partial charge in [-0.25, -0.2) is 0 Å². The summed E-state index contributed by atoms with van der Waals surface area (Å²) in [5.74, 6) is 0.646. The lowest BCUT2D eigenvalue weighted by atomic mass is 10.0. The van der Waals surface area contributed by atoms with Crippen molar-refractivity contribution in [3.63, 3.8) is 0 Å². The van der Waals surface area contributed by atoms with Crippen LogP contribution in [-0.2, 0) is 27.2 Å². The molecule has 1 aliphatic heterocycles. The summed E-state index contributed by atoms with van der Waals surface area (Å²) in [5.41, 5.74) is 4.66. The average Bonchev–Trinajstić information content (AvgIpc) is 3.51. The van der Waals surface area contributed by atoms with Gasteiger partial charge in [0.2, 0.25) is 5.91 Å². The number of aromatic hydroxyl groups is 1. The first-order valence-electron chi connectivity index (χ1n) is 15.6. The molecule has 3 aromatic rings. The highest BCUT2D eigenvalue weighted by atomic mass is 16.5. The van der Waals surface area contributed by atoms with E-state index in [0.29, 0.717) is 69.1 Å². The zero-order valence-corrected chi connectivity index (χ0v) is 26.6. The van der Waals surface area contributed by atoms with E-state index in [9.17, 15) is 14.7 Å². The van der Waals surface area contributed by atoms with Crippen LogP contribution in [0.5, 0.6) is 11.5 Å². The van der Waals surface area contributed by atoms with E-state index >= 15 is 0 Å². The van der Waals surface area contributed by atoms with E-state index in [1.807, 2.05) is 21.8 Å². The summed E-state index contributed by atoms with van der Waals surface area (Å²) < 4.78 is 13.4. The fourth-order valence-corrected chi connectivity index (χ4v) is 5.15. The minimum absolute atomic E-state index is 0.00860. The van der Waals surface area contributed by atoms with Crippen molar-refractivity contribution in [1.29, 1.82) is 0 Å². The summed E-state index contributed by atoms with van der Waals surface area (Å²) in [6.45, 7) is 13.4. The molecule has 238 valence electrons. The number of aromatic nitrogens is 2. The van der Waals surface area contributed by atoms with Gasteiger partial charge in [-0.15, -0.1) is 0 Å². The van der Waals surface area contributed by atoms with Gasteiger partial charge in [-0.2, -0.15) is 5.10 Å². The van der Waals surface area contributed by atoms with Gasteiger partial charge in [0.1, 0.15) is 11.4 Å². The van der Waals surface area contributed by atoms with Gasteiger partial charge in [-0.05, 0) is 68.8 Å². The van der Waals surface area contributed by atoms with Crippen LogP contribution in [0, 0.1) is 5.92 Å². The molecule has 0 bridgehead atoms. The van der Waals surface area contributed by atoms with Gasteiger partial charge in [0.15, 0.2) is 12.4 Å². The molecule has 0 aliphatic carbocycles. The monoisotopic (exact) mass is 605 g/mol. The fourth-order valence-electron chi connectivity index (χ4n) is 5.15. The fraction of sp³-hybridized carbons (Fsp3) is 0.500. The number of fused-ring (bicyclic) bond motifs is 1. The smallest absolute Gasteiger partial charge is 0.262 e. The summed E-state index contributed by atoms with van der Waals surface area (Å²) >= 11 is 0. The third kappa shape index (κ3) is 8.83. The van der Waals surface area contributed by atoms with Crippen LogP contribution in [-0.4, -0.2) is 77.1 Å². The lowest BCUT2D eigenvalue weighted by Crippen LogP contribution is -2.45. The van der Waals surface area contributed by atoms with Crippen molar-refractivity contribution in [2.45, 2.75) is 66.0 Å². The van der Waals surface area contributed by atoms with E-state index in [2.05, 4.69) is 80.8 Å². The lowest BCUT2D eigenvalue weighted by molar-refractivity contribution is -0.135. The van der Waals surface area contributed by atoms with Crippen molar-refractivity contribution in [1.82, 2.24) is 20.0 Å². The van der Waals surface area contributed by atoms with E-state index in [-0.39, 0.29) is 30.2 Å². The molecule has 2 aromatic carbocycles. The molecule has 0 fully saturated rings. The molecule has 2 amide bonds. The molecule has 0 saturated heterocycles. The van der Waals surface area contributed by atoms with E-state index < -0.39 is 0 Å². The van der Waals surface area contributed by atoms with Gasteiger partial charge < -0.3 is 30.1 Å². The van der Waals surface area contributed by atoms with Crippen molar-refractivity contribution in [3.8, 4) is 22.6 Å². The Bertz CT molecular complexity index is 1400. The third-order valence-electron chi connectivity index (χ3n) is 8.09. The first kappa shape index (κ1) is 33.0. The Morgan fingerprint density at radius 1 is 1.11 bits per heavy atom. The Balaban J connectivity index is 1.20. The molecular weight excluding hydrogens is 558 g/mol. The highest BCUT2D eigenvalue weighted by Gasteiger charge is 2.23. The molecule has 10 heteroatoms. The van der Waals surface area contributed by atoms with E-state index in [4.69, 9.17) is 9.47 Å². The minimum atomic E-state index is -0.283. The molecule has 44 heavy (non-hydrogen) atoms. The van der Waals surface area contributed by atoms with Crippen molar-refractivity contribution < 1.29 is 24.2 Å². The summed E-state index contributed by atoms with van der Waals surface area (Å²) in [6, 6.07) is 12.2. The van der Waals surface area contributed by atoms with Crippen LogP contribution in [0.25, 0.3) is 11.1 Å². The zero-order valence-electron chi connectivity index (χ0n) is 26.6. The van der Waals surface area contributed by atoms with Gasteiger partial charge in [-0.1, -0.05) is 44.2 Å². The molecule has 4 rings (SSSR count). The number of carbonyl (C=O) groups is 2. The van der Waals surface area contributed by atoms with Crippen LogP contribution < -0.4 is 15.4 Å². The van der Waals surface area contributed by atoms with Gasteiger partial charge in [-0.3, -0.25) is 14.3 Å². The van der Waals surface area contributed by atoms with E-state index in [1.165, 1.54) is 5.56 Å². The number of amides is 2. The molecular formula is C34H47N5O5. The van der Waals surface area contributed by atoms with Gasteiger partial charge >= 0.3 is 0 Å². The van der Waals surface area contributed by atoms with Gasteiger partial charge in [0.05, 0.1) is 25.8 Å². The van der Waals surface area contributed by atoms with Crippen LogP contribution in [0.1, 0.15) is 58.2 Å². The molecule has 10 nitrogen and oxygen atoms in total. The number of ether oxygens (including phenoxy) is 2. The number of carbonyl (C=O) groups excluding carboxylic acids is 2. The van der Waals surface area contributed by atoms with Crippen LogP contribution in [0.15, 0.2) is 48.8 Å². The Kier molecular flexibility index (Phi) is 11.8. The molecule has 2 heterocycles. The summed E-state index contributed by atoms with van der Waals surface area (Å²) in [5, 5.41) is 20.6. The molecule has 0 unspecified atom stereocenters. The number of nitrogens with zero attached hydrogens (tertiary/aromatic N) is 3. The summed E-state index contributed by atoms with van der Waals surface area (Å²) in [4.78, 5) is 26.8. The highest BCUT2D eigenvalue weighted by Crippen LogP contribution is 2.39. The quantitative estimate of drug-likeness (QED) is 0.158. The highest BCUT2D eigenvalue weighted by molar-refractivity contribution is 5.97. The van der Waals surface area contributed by atoms with E-state index in [1.54, 1.807) is 6.07 Å². The maximum atomic E-state index is 13.2. The molecule has 1 aromatic heterocycles. The van der Waals surface area contributed by atoms with E-state index in [0.717, 1.165) is 23.1 Å². The maximum Gasteiger partial charge on any atom is 0.262 e.